The normalized spacial score (nSPS) is 11.7. The number of ether oxygens (including phenoxy) is 1. The standard InChI is InChI=1S/C18H24N2O/c1-6-14-10-8-9-11-15(14)17-19-13(3)12-16(20-17)18(4,5)21-7-2/h8-12H,6-7H2,1-5H3. The van der Waals surface area contributed by atoms with Crippen LogP contribution in [0.2, 0.25) is 0 Å². The van der Waals surface area contributed by atoms with E-state index in [2.05, 4.69) is 30.1 Å². The molecule has 1 aromatic carbocycles. The first-order valence-corrected chi connectivity index (χ1v) is 7.56. The van der Waals surface area contributed by atoms with Crippen LogP contribution in [0.15, 0.2) is 30.3 Å². The van der Waals surface area contributed by atoms with E-state index in [4.69, 9.17) is 9.72 Å². The van der Waals surface area contributed by atoms with Gasteiger partial charge in [0.05, 0.1) is 5.69 Å². The van der Waals surface area contributed by atoms with Crippen LogP contribution in [0.5, 0.6) is 0 Å². The van der Waals surface area contributed by atoms with E-state index in [1.807, 2.05) is 39.8 Å². The van der Waals surface area contributed by atoms with E-state index in [0.29, 0.717) is 6.61 Å². The highest BCUT2D eigenvalue weighted by Gasteiger charge is 2.24. The second-order valence-electron chi connectivity index (χ2n) is 5.67. The number of rotatable bonds is 5. The van der Waals surface area contributed by atoms with Crippen molar-refractivity contribution in [1.29, 1.82) is 0 Å². The third-order valence-corrected chi connectivity index (χ3v) is 3.62. The summed E-state index contributed by atoms with van der Waals surface area (Å²) in [6.45, 7) is 10.9. The van der Waals surface area contributed by atoms with E-state index in [1.165, 1.54) is 5.56 Å². The van der Waals surface area contributed by atoms with Gasteiger partial charge in [0.25, 0.3) is 0 Å². The highest BCUT2D eigenvalue weighted by Crippen LogP contribution is 2.27. The van der Waals surface area contributed by atoms with E-state index in [-0.39, 0.29) is 0 Å². The zero-order valence-corrected chi connectivity index (χ0v) is 13.6. The molecular formula is C18H24N2O. The fourth-order valence-corrected chi connectivity index (χ4v) is 2.48. The third kappa shape index (κ3) is 3.48. The van der Waals surface area contributed by atoms with Crippen LogP contribution in [0.25, 0.3) is 11.4 Å². The Morgan fingerprint density at radius 3 is 2.48 bits per heavy atom. The molecule has 1 aromatic heterocycles. The number of nitrogens with zero attached hydrogens (tertiary/aromatic N) is 2. The predicted octanol–water partition coefficient (Wildman–Crippen LogP) is 4.29. The second-order valence-corrected chi connectivity index (χ2v) is 5.67. The molecule has 2 rings (SSSR count). The lowest BCUT2D eigenvalue weighted by molar-refractivity contribution is -0.0173. The van der Waals surface area contributed by atoms with Gasteiger partial charge in [0.1, 0.15) is 5.60 Å². The van der Waals surface area contributed by atoms with Crippen molar-refractivity contribution < 1.29 is 4.74 Å². The summed E-state index contributed by atoms with van der Waals surface area (Å²) < 4.78 is 5.83. The summed E-state index contributed by atoms with van der Waals surface area (Å²) in [6.07, 6.45) is 0.970. The molecule has 0 bridgehead atoms. The number of benzene rings is 1. The minimum absolute atomic E-state index is 0.404. The Morgan fingerprint density at radius 2 is 1.81 bits per heavy atom. The maximum absolute atomic E-state index is 5.83. The van der Waals surface area contributed by atoms with E-state index in [9.17, 15) is 0 Å². The summed E-state index contributed by atoms with van der Waals surface area (Å²) in [5.41, 5.74) is 3.87. The van der Waals surface area contributed by atoms with Crippen molar-refractivity contribution in [2.75, 3.05) is 6.61 Å². The van der Waals surface area contributed by atoms with Crippen LogP contribution in [-0.4, -0.2) is 16.6 Å². The Hall–Kier alpha value is -1.74. The van der Waals surface area contributed by atoms with Gasteiger partial charge in [-0.3, -0.25) is 0 Å². The van der Waals surface area contributed by atoms with E-state index >= 15 is 0 Å². The summed E-state index contributed by atoms with van der Waals surface area (Å²) in [4.78, 5) is 9.39. The smallest absolute Gasteiger partial charge is 0.160 e. The molecule has 112 valence electrons. The lowest BCUT2D eigenvalue weighted by Crippen LogP contribution is -2.24. The molecule has 2 aromatic rings. The number of hydrogen-bond acceptors (Lipinski definition) is 3. The highest BCUT2D eigenvalue weighted by molar-refractivity contribution is 5.60. The second kappa shape index (κ2) is 6.35. The molecule has 3 nitrogen and oxygen atoms in total. The summed E-state index contributed by atoms with van der Waals surface area (Å²) in [5, 5.41) is 0. The number of hydrogen-bond donors (Lipinski definition) is 0. The van der Waals surface area contributed by atoms with Crippen molar-refractivity contribution in [3.63, 3.8) is 0 Å². The molecule has 0 N–H and O–H groups in total. The van der Waals surface area contributed by atoms with Crippen molar-refractivity contribution in [3.8, 4) is 11.4 Å². The fourth-order valence-electron chi connectivity index (χ4n) is 2.48. The van der Waals surface area contributed by atoms with Crippen LogP contribution < -0.4 is 0 Å². The van der Waals surface area contributed by atoms with Gasteiger partial charge in [-0.05, 0) is 45.7 Å². The van der Waals surface area contributed by atoms with Gasteiger partial charge in [-0.2, -0.15) is 0 Å². The van der Waals surface area contributed by atoms with Crippen molar-refractivity contribution >= 4 is 0 Å². The van der Waals surface area contributed by atoms with Gasteiger partial charge in [-0.1, -0.05) is 31.2 Å². The Labute approximate surface area is 127 Å². The van der Waals surface area contributed by atoms with E-state index in [0.717, 1.165) is 29.2 Å². The molecule has 3 heteroatoms. The Balaban J connectivity index is 2.53. The topological polar surface area (TPSA) is 35.0 Å². The summed E-state index contributed by atoms with van der Waals surface area (Å²) >= 11 is 0. The number of aromatic nitrogens is 2. The molecule has 1 heterocycles. The molecule has 0 aliphatic heterocycles. The predicted molar refractivity (Wildman–Crippen MR) is 86.2 cm³/mol. The van der Waals surface area contributed by atoms with Crippen LogP contribution in [0.4, 0.5) is 0 Å². The van der Waals surface area contributed by atoms with Gasteiger partial charge >= 0.3 is 0 Å². The van der Waals surface area contributed by atoms with Crippen molar-refractivity contribution in [2.24, 2.45) is 0 Å². The van der Waals surface area contributed by atoms with Gasteiger partial charge in [0.2, 0.25) is 0 Å². The van der Waals surface area contributed by atoms with Crippen molar-refractivity contribution in [2.45, 2.75) is 46.6 Å². The minimum atomic E-state index is -0.404. The zero-order chi connectivity index (χ0) is 15.5. The molecule has 0 aliphatic carbocycles. The first-order valence-electron chi connectivity index (χ1n) is 7.56. The van der Waals surface area contributed by atoms with Crippen LogP contribution in [0.3, 0.4) is 0 Å². The van der Waals surface area contributed by atoms with Gasteiger partial charge in [-0.15, -0.1) is 0 Å². The Morgan fingerprint density at radius 1 is 1.10 bits per heavy atom. The minimum Gasteiger partial charge on any atom is -0.370 e. The van der Waals surface area contributed by atoms with Crippen LogP contribution in [0.1, 0.15) is 44.6 Å². The largest absolute Gasteiger partial charge is 0.370 e. The van der Waals surface area contributed by atoms with Crippen molar-refractivity contribution in [3.05, 3.63) is 47.3 Å². The molecular weight excluding hydrogens is 260 g/mol. The van der Waals surface area contributed by atoms with Crippen molar-refractivity contribution in [1.82, 2.24) is 9.97 Å². The van der Waals surface area contributed by atoms with Gasteiger partial charge in [0.15, 0.2) is 5.82 Å². The quantitative estimate of drug-likeness (QED) is 0.821. The molecule has 0 unspecified atom stereocenters. The van der Waals surface area contributed by atoms with Gasteiger partial charge in [0, 0.05) is 17.9 Å². The first-order chi connectivity index (χ1) is 9.97. The highest BCUT2D eigenvalue weighted by atomic mass is 16.5. The molecule has 0 fully saturated rings. The molecule has 21 heavy (non-hydrogen) atoms. The molecule has 0 saturated carbocycles. The zero-order valence-electron chi connectivity index (χ0n) is 13.6. The van der Waals surface area contributed by atoms with Crippen LogP contribution >= 0.6 is 0 Å². The Kier molecular flexibility index (Phi) is 4.73. The van der Waals surface area contributed by atoms with E-state index < -0.39 is 5.60 Å². The number of aryl methyl sites for hydroxylation is 2. The lowest BCUT2D eigenvalue weighted by atomic mass is 10.0. The average molecular weight is 284 g/mol. The first kappa shape index (κ1) is 15.6. The monoisotopic (exact) mass is 284 g/mol. The summed E-state index contributed by atoms with van der Waals surface area (Å²) in [5.74, 6) is 0.787. The maximum Gasteiger partial charge on any atom is 0.160 e. The fraction of sp³-hybridized carbons (Fsp3) is 0.444. The SMILES string of the molecule is CCOC(C)(C)c1cc(C)nc(-c2ccccc2CC)n1. The van der Waals surface area contributed by atoms with Crippen LogP contribution in [-0.2, 0) is 16.8 Å². The van der Waals surface area contributed by atoms with Gasteiger partial charge < -0.3 is 4.74 Å². The lowest BCUT2D eigenvalue weighted by Gasteiger charge is -2.25. The third-order valence-electron chi connectivity index (χ3n) is 3.62. The molecule has 0 radical (unpaired) electrons. The van der Waals surface area contributed by atoms with Gasteiger partial charge in [-0.25, -0.2) is 9.97 Å². The molecule has 0 spiro atoms. The van der Waals surface area contributed by atoms with Crippen LogP contribution in [0, 0.1) is 6.92 Å². The molecule has 0 amide bonds. The molecule has 0 saturated heterocycles. The maximum atomic E-state index is 5.83. The average Bonchev–Trinajstić information content (AvgIpc) is 2.46. The summed E-state index contributed by atoms with van der Waals surface area (Å²) in [6, 6.07) is 10.3. The molecule has 0 aliphatic rings. The van der Waals surface area contributed by atoms with E-state index in [1.54, 1.807) is 0 Å². The summed E-state index contributed by atoms with van der Waals surface area (Å²) in [7, 11) is 0. The Bertz CT molecular complexity index is 620. The molecule has 0 atom stereocenters.